The van der Waals surface area contributed by atoms with Gasteiger partial charge in [-0.1, -0.05) is 0 Å². The molecule has 0 saturated heterocycles. The molecule has 102 valence electrons. The molecule has 3 rings (SSSR count). The van der Waals surface area contributed by atoms with E-state index in [9.17, 15) is 4.79 Å². The number of fused-ring (bicyclic) bond motifs is 1. The first-order valence-corrected chi connectivity index (χ1v) is 6.44. The van der Waals surface area contributed by atoms with Crippen LogP contribution in [0.3, 0.4) is 0 Å². The van der Waals surface area contributed by atoms with Gasteiger partial charge in [-0.2, -0.15) is 0 Å². The minimum Gasteiger partial charge on any atom is -0.460 e. The molecule has 0 spiro atoms. The van der Waals surface area contributed by atoms with E-state index in [4.69, 9.17) is 4.42 Å². The smallest absolute Gasteiger partial charge is 0.167 e. The number of hydrogen-bond donors (Lipinski definition) is 0. The summed E-state index contributed by atoms with van der Waals surface area (Å²) >= 11 is 0. The summed E-state index contributed by atoms with van der Waals surface area (Å²) in [5.41, 5.74) is 3.02. The molecule has 0 saturated carbocycles. The first-order valence-electron chi connectivity index (χ1n) is 6.44. The molecule has 0 fully saturated rings. The van der Waals surface area contributed by atoms with Gasteiger partial charge in [-0.15, -0.1) is 0 Å². The number of imidazole rings is 1. The lowest BCUT2D eigenvalue weighted by atomic mass is 10.2. The van der Waals surface area contributed by atoms with Gasteiger partial charge in [0.15, 0.2) is 11.4 Å². The van der Waals surface area contributed by atoms with Crippen LogP contribution in [-0.2, 0) is 11.2 Å². The van der Waals surface area contributed by atoms with Crippen molar-refractivity contribution in [2.45, 2.75) is 27.2 Å². The van der Waals surface area contributed by atoms with Crippen molar-refractivity contribution < 1.29 is 9.21 Å². The lowest BCUT2D eigenvalue weighted by molar-refractivity contribution is -0.116. The highest BCUT2D eigenvalue weighted by atomic mass is 16.3. The molecule has 5 nitrogen and oxygen atoms in total. The molecular formula is C15H15N3O2. The molecule has 3 aromatic heterocycles. The highest BCUT2D eigenvalue weighted by molar-refractivity contribution is 5.78. The van der Waals surface area contributed by atoms with E-state index >= 15 is 0 Å². The quantitative estimate of drug-likeness (QED) is 0.733. The van der Waals surface area contributed by atoms with Gasteiger partial charge < -0.3 is 8.82 Å². The fourth-order valence-electron chi connectivity index (χ4n) is 2.24. The van der Waals surface area contributed by atoms with Gasteiger partial charge in [0.25, 0.3) is 0 Å². The molecule has 5 heteroatoms. The average Bonchev–Trinajstić information content (AvgIpc) is 2.92. The van der Waals surface area contributed by atoms with Gasteiger partial charge in [0.2, 0.25) is 0 Å². The van der Waals surface area contributed by atoms with Crippen LogP contribution in [0.25, 0.3) is 17.1 Å². The minimum atomic E-state index is 0.0789. The summed E-state index contributed by atoms with van der Waals surface area (Å²) in [4.78, 5) is 20.3. The summed E-state index contributed by atoms with van der Waals surface area (Å²) in [6.45, 7) is 5.37. The average molecular weight is 269 g/mol. The summed E-state index contributed by atoms with van der Waals surface area (Å²) in [5, 5.41) is 0. The molecule has 0 unspecified atom stereocenters. The van der Waals surface area contributed by atoms with Crippen molar-refractivity contribution in [3.05, 3.63) is 41.7 Å². The van der Waals surface area contributed by atoms with Crippen molar-refractivity contribution in [2.75, 3.05) is 0 Å². The third-order valence-electron chi connectivity index (χ3n) is 3.01. The van der Waals surface area contributed by atoms with E-state index in [1.165, 1.54) is 0 Å². The van der Waals surface area contributed by atoms with Crippen LogP contribution in [0.5, 0.6) is 0 Å². The van der Waals surface area contributed by atoms with Crippen molar-refractivity contribution in [2.24, 2.45) is 0 Å². The van der Waals surface area contributed by atoms with E-state index in [1.807, 2.05) is 42.8 Å². The second kappa shape index (κ2) is 4.59. The van der Waals surface area contributed by atoms with E-state index in [0.29, 0.717) is 23.6 Å². The molecule has 0 amide bonds. The van der Waals surface area contributed by atoms with E-state index in [0.717, 1.165) is 17.1 Å². The number of Topliss-reactive ketones (excluding diaryl/α,β-unsaturated/α-hetero) is 1. The van der Waals surface area contributed by atoms with Crippen molar-refractivity contribution in [3.63, 3.8) is 0 Å². The highest BCUT2D eigenvalue weighted by Gasteiger charge is 2.14. The van der Waals surface area contributed by atoms with Gasteiger partial charge in [0.1, 0.15) is 17.2 Å². The molecule has 0 aliphatic carbocycles. The Bertz CT molecular complexity index is 799. The molecule has 0 bridgehead atoms. The standard InChI is InChI=1S/C15H15N3O2/c1-9-7-18-8-12(6-10(2)19)17-14(15(18)16-9)13-5-4-11(3)20-13/h4-5,7-8H,6H2,1-3H3. The molecule has 0 N–H and O–H groups in total. The molecule has 3 heterocycles. The molecule has 0 aliphatic heterocycles. The number of nitrogens with zero attached hydrogens (tertiary/aromatic N) is 3. The lowest BCUT2D eigenvalue weighted by Crippen LogP contribution is -2.03. The number of rotatable bonds is 3. The molecule has 20 heavy (non-hydrogen) atoms. The Morgan fingerprint density at radius 3 is 2.70 bits per heavy atom. The summed E-state index contributed by atoms with van der Waals surface area (Å²) in [7, 11) is 0. The van der Waals surface area contributed by atoms with E-state index in [-0.39, 0.29) is 5.78 Å². The fourth-order valence-corrected chi connectivity index (χ4v) is 2.24. The molecule has 0 aromatic carbocycles. The maximum atomic E-state index is 11.3. The van der Waals surface area contributed by atoms with Crippen molar-refractivity contribution in [3.8, 4) is 11.5 Å². The topological polar surface area (TPSA) is 60.4 Å². The van der Waals surface area contributed by atoms with Gasteiger partial charge in [-0.05, 0) is 32.9 Å². The zero-order chi connectivity index (χ0) is 14.3. The van der Waals surface area contributed by atoms with Crippen LogP contribution >= 0.6 is 0 Å². The molecule has 0 atom stereocenters. The SMILES string of the molecule is CC(=O)Cc1cn2cc(C)nc2c(-c2ccc(C)o2)n1. The zero-order valence-corrected chi connectivity index (χ0v) is 11.7. The number of aromatic nitrogens is 3. The van der Waals surface area contributed by atoms with E-state index in [2.05, 4.69) is 9.97 Å². The number of carbonyl (C=O) groups excluding carboxylic acids is 1. The van der Waals surface area contributed by atoms with Gasteiger partial charge in [-0.3, -0.25) is 4.79 Å². The van der Waals surface area contributed by atoms with Crippen LogP contribution in [0.4, 0.5) is 0 Å². The summed E-state index contributed by atoms with van der Waals surface area (Å²) < 4.78 is 7.54. The predicted molar refractivity (Wildman–Crippen MR) is 74.5 cm³/mol. The number of aryl methyl sites for hydroxylation is 2. The zero-order valence-electron chi connectivity index (χ0n) is 11.7. The Morgan fingerprint density at radius 2 is 2.05 bits per heavy atom. The molecule has 0 aliphatic rings. The maximum absolute atomic E-state index is 11.3. The second-order valence-electron chi connectivity index (χ2n) is 4.98. The van der Waals surface area contributed by atoms with Gasteiger partial charge in [-0.25, -0.2) is 9.97 Å². The Balaban J connectivity index is 2.24. The van der Waals surface area contributed by atoms with Crippen LogP contribution in [0.1, 0.15) is 24.1 Å². The highest BCUT2D eigenvalue weighted by Crippen LogP contribution is 2.25. The Hall–Kier alpha value is -2.43. The number of hydrogen-bond acceptors (Lipinski definition) is 4. The molecule has 3 aromatic rings. The first kappa shape index (κ1) is 12.6. The monoisotopic (exact) mass is 269 g/mol. The van der Waals surface area contributed by atoms with E-state index in [1.54, 1.807) is 6.92 Å². The van der Waals surface area contributed by atoms with E-state index < -0.39 is 0 Å². The van der Waals surface area contributed by atoms with Crippen molar-refractivity contribution in [1.82, 2.24) is 14.4 Å². The van der Waals surface area contributed by atoms with Crippen LogP contribution in [-0.4, -0.2) is 20.2 Å². The largest absolute Gasteiger partial charge is 0.460 e. The lowest BCUT2D eigenvalue weighted by Gasteiger charge is -2.04. The first-order chi connectivity index (χ1) is 9.52. The maximum Gasteiger partial charge on any atom is 0.167 e. The van der Waals surface area contributed by atoms with Crippen LogP contribution in [0, 0.1) is 13.8 Å². The van der Waals surface area contributed by atoms with Gasteiger partial charge in [0, 0.05) is 18.8 Å². The predicted octanol–water partition coefficient (Wildman–Crippen LogP) is 2.74. The third-order valence-corrected chi connectivity index (χ3v) is 3.01. The van der Waals surface area contributed by atoms with Gasteiger partial charge >= 0.3 is 0 Å². The summed E-state index contributed by atoms with van der Waals surface area (Å²) in [6.07, 6.45) is 4.07. The van der Waals surface area contributed by atoms with Gasteiger partial charge in [0.05, 0.1) is 11.4 Å². The third kappa shape index (κ3) is 2.22. The normalized spacial score (nSPS) is 11.2. The number of furan rings is 1. The number of ketones is 1. The number of carbonyl (C=O) groups is 1. The summed E-state index contributed by atoms with van der Waals surface area (Å²) in [5.74, 6) is 1.57. The minimum absolute atomic E-state index is 0.0789. The van der Waals surface area contributed by atoms with Crippen LogP contribution in [0.15, 0.2) is 28.9 Å². The summed E-state index contributed by atoms with van der Waals surface area (Å²) in [6, 6.07) is 3.76. The van der Waals surface area contributed by atoms with Crippen LogP contribution in [0.2, 0.25) is 0 Å². The van der Waals surface area contributed by atoms with Crippen molar-refractivity contribution >= 4 is 11.4 Å². The van der Waals surface area contributed by atoms with Crippen LogP contribution < -0.4 is 0 Å². The second-order valence-corrected chi connectivity index (χ2v) is 4.98. The Kier molecular flexibility index (Phi) is 2.89. The fraction of sp³-hybridized carbons (Fsp3) is 0.267. The molecule has 0 radical (unpaired) electrons. The Labute approximate surface area is 116 Å². The molecular weight excluding hydrogens is 254 g/mol. The Morgan fingerprint density at radius 1 is 1.25 bits per heavy atom. The van der Waals surface area contributed by atoms with Crippen molar-refractivity contribution in [1.29, 1.82) is 0 Å².